The average Bonchev–Trinajstić information content (AvgIpc) is 2.55. The van der Waals surface area contributed by atoms with Gasteiger partial charge in [0, 0.05) is 11.4 Å². The minimum absolute atomic E-state index is 0.294. The first-order valence-electron chi connectivity index (χ1n) is 6.89. The summed E-state index contributed by atoms with van der Waals surface area (Å²) in [5.41, 5.74) is 3.80. The van der Waals surface area contributed by atoms with Crippen LogP contribution >= 0.6 is 11.6 Å². The van der Waals surface area contributed by atoms with Gasteiger partial charge in [-0.15, -0.1) is 11.6 Å². The van der Waals surface area contributed by atoms with E-state index in [1.807, 2.05) is 18.2 Å². The molecule has 0 nitrogen and oxygen atoms in total. The van der Waals surface area contributed by atoms with E-state index in [0.29, 0.717) is 11.4 Å². The van der Waals surface area contributed by atoms with E-state index in [0.717, 1.165) is 22.3 Å². The van der Waals surface area contributed by atoms with E-state index in [4.69, 9.17) is 11.6 Å². The van der Waals surface area contributed by atoms with Crippen LogP contribution in [0.15, 0.2) is 66.7 Å². The van der Waals surface area contributed by atoms with Gasteiger partial charge in [0.25, 0.3) is 0 Å². The molecule has 22 heavy (non-hydrogen) atoms. The molecule has 0 aliphatic carbocycles. The van der Waals surface area contributed by atoms with Gasteiger partial charge in [-0.1, -0.05) is 48.5 Å². The lowest BCUT2D eigenvalue weighted by Crippen LogP contribution is -1.93. The fourth-order valence-corrected chi connectivity index (χ4v) is 2.80. The van der Waals surface area contributed by atoms with Crippen LogP contribution in [-0.4, -0.2) is 0 Å². The Kier molecular flexibility index (Phi) is 4.21. The SMILES string of the molecule is Fc1ccc(-c2c(CCl)cccc2-c2ccccc2F)cc1. The molecule has 0 bridgehead atoms. The number of benzene rings is 3. The Morgan fingerprint density at radius 2 is 1.41 bits per heavy atom. The molecule has 0 fully saturated rings. The van der Waals surface area contributed by atoms with Crippen LogP contribution in [0.25, 0.3) is 22.3 Å². The Morgan fingerprint density at radius 3 is 2.09 bits per heavy atom. The molecule has 3 aromatic carbocycles. The van der Waals surface area contributed by atoms with Gasteiger partial charge in [-0.3, -0.25) is 0 Å². The van der Waals surface area contributed by atoms with E-state index < -0.39 is 0 Å². The van der Waals surface area contributed by atoms with Crippen LogP contribution < -0.4 is 0 Å². The maximum atomic E-state index is 14.2. The molecule has 0 saturated heterocycles. The summed E-state index contributed by atoms with van der Waals surface area (Å²) < 4.78 is 27.4. The maximum Gasteiger partial charge on any atom is 0.131 e. The van der Waals surface area contributed by atoms with E-state index in [9.17, 15) is 8.78 Å². The Balaban J connectivity index is 2.28. The van der Waals surface area contributed by atoms with Gasteiger partial charge in [0.1, 0.15) is 11.6 Å². The summed E-state index contributed by atoms with van der Waals surface area (Å²) in [5, 5.41) is 0. The Morgan fingerprint density at radius 1 is 0.727 bits per heavy atom. The first-order valence-corrected chi connectivity index (χ1v) is 7.43. The topological polar surface area (TPSA) is 0 Å². The molecule has 0 radical (unpaired) electrons. The second-order valence-corrected chi connectivity index (χ2v) is 5.23. The summed E-state index contributed by atoms with van der Waals surface area (Å²) in [6.45, 7) is 0. The molecule has 3 rings (SSSR count). The molecule has 0 unspecified atom stereocenters. The van der Waals surface area contributed by atoms with Gasteiger partial charge in [-0.2, -0.15) is 0 Å². The smallest absolute Gasteiger partial charge is 0.131 e. The van der Waals surface area contributed by atoms with Gasteiger partial charge in [-0.05, 0) is 40.5 Å². The van der Waals surface area contributed by atoms with Crippen molar-refractivity contribution in [2.24, 2.45) is 0 Å². The Bertz CT molecular complexity index is 795. The highest BCUT2D eigenvalue weighted by Crippen LogP contribution is 2.36. The van der Waals surface area contributed by atoms with Gasteiger partial charge in [-0.25, -0.2) is 8.78 Å². The average molecular weight is 315 g/mol. The zero-order valence-corrected chi connectivity index (χ0v) is 12.4. The van der Waals surface area contributed by atoms with E-state index in [-0.39, 0.29) is 11.6 Å². The highest BCUT2D eigenvalue weighted by atomic mass is 35.5. The molecule has 110 valence electrons. The molecule has 3 aromatic rings. The summed E-state index contributed by atoms with van der Waals surface area (Å²) in [6.07, 6.45) is 0. The molecule has 0 aliphatic heterocycles. The monoisotopic (exact) mass is 314 g/mol. The second-order valence-electron chi connectivity index (χ2n) is 4.96. The van der Waals surface area contributed by atoms with Crippen molar-refractivity contribution in [1.82, 2.24) is 0 Å². The lowest BCUT2D eigenvalue weighted by Gasteiger charge is -2.15. The third-order valence-corrected chi connectivity index (χ3v) is 3.88. The van der Waals surface area contributed by atoms with Crippen molar-refractivity contribution in [2.75, 3.05) is 0 Å². The normalized spacial score (nSPS) is 10.7. The first kappa shape index (κ1) is 14.7. The number of rotatable bonds is 3. The van der Waals surface area contributed by atoms with Crippen molar-refractivity contribution < 1.29 is 8.78 Å². The van der Waals surface area contributed by atoms with Crippen LogP contribution in [0.5, 0.6) is 0 Å². The van der Waals surface area contributed by atoms with Crippen LogP contribution in [-0.2, 0) is 5.88 Å². The molecule has 0 heterocycles. The fraction of sp³-hybridized carbons (Fsp3) is 0.0526. The summed E-state index contributed by atoms with van der Waals surface area (Å²) in [6, 6.07) is 18.4. The molecule has 3 heteroatoms. The van der Waals surface area contributed by atoms with E-state index in [1.165, 1.54) is 18.2 Å². The van der Waals surface area contributed by atoms with Crippen molar-refractivity contribution in [3.63, 3.8) is 0 Å². The fourth-order valence-electron chi connectivity index (χ4n) is 2.57. The van der Waals surface area contributed by atoms with Crippen LogP contribution in [0.1, 0.15) is 5.56 Å². The third kappa shape index (κ3) is 2.75. The molecular weight excluding hydrogens is 302 g/mol. The number of hydrogen-bond donors (Lipinski definition) is 0. The lowest BCUT2D eigenvalue weighted by molar-refractivity contribution is 0.628. The molecule has 0 aromatic heterocycles. The zero-order valence-electron chi connectivity index (χ0n) is 11.7. The summed E-state index contributed by atoms with van der Waals surface area (Å²) >= 11 is 6.04. The van der Waals surface area contributed by atoms with Crippen molar-refractivity contribution in [3.05, 3.63) is 83.9 Å². The molecule has 0 saturated carbocycles. The van der Waals surface area contributed by atoms with Crippen molar-refractivity contribution >= 4 is 11.6 Å². The van der Waals surface area contributed by atoms with Crippen LogP contribution in [0.4, 0.5) is 8.78 Å². The van der Waals surface area contributed by atoms with Crippen molar-refractivity contribution in [2.45, 2.75) is 5.88 Å². The Labute approximate surface area is 133 Å². The van der Waals surface area contributed by atoms with E-state index >= 15 is 0 Å². The van der Waals surface area contributed by atoms with E-state index in [2.05, 4.69) is 0 Å². The number of alkyl halides is 1. The summed E-state index contributed by atoms with van der Waals surface area (Å²) in [7, 11) is 0. The predicted octanol–water partition coefficient (Wildman–Crippen LogP) is 6.04. The maximum absolute atomic E-state index is 14.2. The molecule has 0 N–H and O–H groups in total. The van der Waals surface area contributed by atoms with Crippen molar-refractivity contribution in [1.29, 1.82) is 0 Å². The van der Waals surface area contributed by atoms with Gasteiger partial charge in [0.2, 0.25) is 0 Å². The van der Waals surface area contributed by atoms with Crippen LogP contribution in [0.2, 0.25) is 0 Å². The Hall–Kier alpha value is -2.19. The zero-order chi connectivity index (χ0) is 15.5. The molecule has 0 amide bonds. The van der Waals surface area contributed by atoms with Crippen molar-refractivity contribution in [3.8, 4) is 22.3 Å². The second kappa shape index (κ2) is 6.29. The van der Waals surface area contributed by atoms with Gasteiger partial charge in [0.05, 0.1) is 0 Å². The van der Waals surface area contributed by atoms with Gasteiger partial charge in [0.15, 0.2) is 0 Å². The largest absolute Gasteiger partial charge is 0.207 e. The van der Waals surface area contributed by atoms with E-state index in [1.54, 1.807) is 30.3 Å². The standard InChI is InChI=1S/C19H13ClF2/c20-12-14-4-3-6-17(16-5-1-2-7-18(16)22)19(14)13-8-10-15(21)11-9-13/h1-11H,12H2. The molecule has 0 aliphatic rings. The van der Waals surface area contributed by atoms with Gasteiger partial charge < -0.3 is 0 Å². The summed E-state index contributed by atoms with van der Waals surface area (Å²) in [4.78, 5) is 0. The van der Waals surface area contributed by atoms with Crippen LogP contribution in [0.3, 0.4) is 0 Å². The predicted molar refractivity (Wildman–Crippen MR) is 86.8 cm³/mol. The van der Waals surface area contributed by atoms with Crippen LogP contribution in [0, 0.1) is 11.6 Å². The first-order chi connectivity index (χ1) is 10.7. The quantitative estimate of drug-likeness (QED) is 0.517. The number of halogens is 3. The minimum atomic E-state index is -0.306. The molecular formula is C19H13ClF2. The molecule has 0 atom stereocenters. The minimum Gasteiger partial charge on any atom is -0.207 e. The third-order valence-electron chi connectivity index (χ3n) is 3.59. The van der Waals surface area contributed by atoms with Gasteiger partial charge >= 0.3 is 0 Å². The highest BCUT2D eigenvalue weighted by molar-refractivity contribution is 6.17. The summed E-state index contributed by atoms with van der Waals surface area (Å²) in [5.74, 6) is -0.299. The molecule has 0 spiro atoms. The number of hydrogen-bond acceptors (Lipinski definition) is 0. The lowest BCUT2D eigenvalue weighted by atomic mass is 9.91. The highest BCUT2D eigenvalue weighted by Gasteiger charge is 2.14.